The Hall–Kier alpha value is -2.27. The number of aromatic nitrogens is 1. The van der Waals surface area contributed by atoms with Gasteiger partial charge in [0.25, 0.3) is 5.69 Å². The number of pyridine rings is 1. The Morgan fingerprint density at radius 1 is 1.20 bits per heavy atom. The number of halogens is 1. The maximum Gasteiger partial charge on any atom is 0.287 e. The van der Waals surface area contributed by atoms with Crippen molar-refractivity contribution in [3.8, 4) is 0 Å². The molecule has 0 fully saturated rings. The highest BCUT2D eigenvalue weighted by Gasteiger charge is 2.24. The van der Waals surface area contributed by atoms with Crippen LogP contribution < -0.4 is 0 Å². The highest BCUT2D eigenvalue weighted by atomic mass is 35.5. The molecule has 0 atom stereocenters. The van der Waals surface area contributed by atoms with Crippen LogP contribution in [0.5, 0.6) is 0 Å². The van der Waals surface area contributed by atoms with E-state index in [4.69, 9.17) is 11.6 Å². The molecule has 0 saturated carbocycles. The lowest BCUT2D eigenvalue weighted by Crippen LogP contribution is -2.07. The van der Waals surface area contributed by atoms with Gasteiger partial charge >= 0.3 is 0 Å². The van der Waals surface area contributed by atoms with E-state index >= 15 is 0 Å². The average molecular weight is 289 g/mol. The van der Waals surface area contributed by atoms with E-state index in [1.54, 1.807) is 18.2 Å². The lowest BCUT2D eigenvalue weighted by atomic mass is 10.0. The van der Waals surface area contributed by atoms with Crippen LogP contribution in [-0.2, 0) is 12.8 Å². The summed E-state index contributed by atoms with van der Waals surface area (Å²) in [6, 6.07) is 6.52. The van der Waals surface area contributed by atoms with Gasteiger partial charge in [-0.15, -0.1) is 0 Å². The molecule has 0 unspecified atom stereocenters. The number of aryl methyl sites for hydroxylation is 2. The predicted molar refractivity (Wildman–Crippen MR) is 73.2 cm³/mol. The summed E-state index contributed by atoms with van der Waals surface area (Å²) in [7, 11) is 0. The van der Waals surface area contributed by atoms with Crippen molar-refractivity contribution in [1.82, 2.24) is 4.98 Å². The van der Waals surface area contributed by atoms with Gasteiger partial charge in [0.2, 0.25) is 5.78 Å². The molecular formula is C14H9ClN2O3. The topological polar surface area (TPSA) is 73.1 Å². The van der Waals surface area contributed by atoms with Crippen molar-refractivity contribution in [2.24, 2.45) is 0 Å². The Kier molecular flexibility index (Phi) is 2.99. The summed E-state index contributed by atoms with van der Waals surface area (Å²) in [5.41, 5.74) is 2.21. The van der Waals surface area contributed by atoms with Crippen LogP contribution >= 0.6 is 11.6 Å². The summed E-state index contributed by atoms with van der Waals surface area (Å²) in [5.74, 6) is -0.209. The zero-order valence-corrected chi connectivity index (χ0v) is 11.1. The first kappa shape index (κ1) is 12.7. The second kappa shape index (κ2) is 4.68. The highest BCUT2D eigenvalue weighted by molar-refractivity contribution is 6.30. The number of hydrogen-bond donors (Lipinski definition) is 0. The molecule has 1 aromatic carbocycles. The Balaban J connectivity index is 2.14. The summed E-state index contributed by atoms with van der Waals surface area (Å²) in [6.07, 6.45) is 2.26. The van der Waals surface area contributed by atoms with E-state index in [2.05, 4.69) is 4.98 Å². The van der Waals surface area contributed by atoms with Crippen molar-refractivity contribution >= 4 is 23.1 Å². The predicted octanol–water partition coefficient (Wildman–Crippen LogP) is 2.97. The van der Waals surface area contributed by atoms with Crippen molar-refractivity contribution in [3.05, 3.63) is 68.0 Å². The van der Waals surface area contributed by atoms with Crippen LogP contribution in [-0.4, -0.2) is 15.7 Å². The van der Waals surface area contributed by atoms with Gasteiger partial charge in [-0.1, -0.05) is 11.6 Å². The third kappa shape index (κ3) is 2.06. The van der Waals surface area contributed by atoms with Crippen molar-refractivity contribution in [2.45, 2.75) is 12.8 Å². The van der Waals surface area contributed by atoms with Gasteiger partial charge in [-0.25, -0.2) is 4.98 Å². The number of nitro groups is 1. The molecule has 0 radical (unpaired) electrons. The number of benzene rings is 1. The van der Waals surface area contributed by atoms with Crippen LogP contribution in [0.2, 0.25) is 5.02 Å². The molecule has 0 aliphatic heterocycles. The smallest absolute Gasteiger partial charge is 0.287 e. The minimum Gasteiger partial charge on any atom is -0.287 e. The normalized spacial score (nSPS) is 13.3. The van der Waals surface area contributed by atoms with Gasteiger partial charge in [-0.2, -0.15) is 0 Å². The first-order chi connectivity index (χ1) is 9.56. The van der Waals surface area contributed by atoms with Crippen LogP contribution in [0.1, 0.15) is 27.2 Å². The van der Waals surface area contributed by atoms with Crippen molar-refractivity contribution in [2.75, 3.05) is 0 Å². The average Bonchev–Trinajstić information content (AvgIpc) is 2.56. The van der Waals surface area contributed by atoms with E-state index in [0.717, 1.165) is 11.8 Å². The minimum absolute atomic E-state index is 0.0967. The number of nitrogens with zero attached hydrogens (tertiary/aromatic N) is 2. The molecule has 1 aliphatic carbocycles. The first-order valence-electron chi connectivity index (χ1n) is 6.02. The van der Waals surface area contributed by atoms with E-state index < -0.39 is 4.92 Å². The molecule has 3 rings (SSSR count). The van der Waals surface area contributed by atoms with E-state index in [0.29, 0.717) is 29.0 Å². The summed E-state index contributed by atoms with van der Waals surface area (Å²) in [4.78, 5) is 26.7. The van der Waals surface area contributed by atoms with Crippen LogP contribution in [0.25, 0.3) is 0 Å². The van der Waals surface area contributed by atoms with Gasteiger partial charge < -0.3 is 0 Å². The van der Waals surface area contributed by atoms with Gasteiger partial charge in [0.05, 0.1) is 4.92 Å². The summed E-state index contributed by atoms with van der Waals surface area (Å²) in [6.45, 7) is 0. The maximum absolute atomic E-state index is 12.4. The van der Waals surface area contributed by atoms with E-state index in [1.807, 2.05) is 0 Å². The molecule has 2 aromatic rings. The number of ketones is 1. The monoisotopic (exact) mass is 288 g/mol. The van der Waals surface area contributed by atoms with Crippen LogP contribution in [0, 0.1) is 10.1 Å². The molecular weight excluding hydrogens is 280 g/mol. The molecule has 100 valence electrons. The molecule has 1 aromatic heterocycles. The largest absolute Gasteiger partial charge is 0.287 e. The molecule has 1 heterocycles. The quantitative estimate of drug-likeness (QED) is 0.597. The standard InChI is InChI=1S/C14H9ClN2O3/c15-10-3-4-12-8(5-10)1-2-9-6-11(17(19)20)7-16-13(9)14(12)18/h3-7H,1-2H2. The van der Waals surface area contributed by atoms with Gasteiger partial charge in [0, 0.05) is 16.7 Å². The molecule has 0 N–H and O–H groups in total. The lowest BCUT2D eigenvalue weighted by molar-refractivity contribution is -0.385. The van der Waals surface area contributed by atoms with Crippen molar-refractivity contribution in [3.63, 3.8) is 0 Å². The Morgan fingerprint density at radius 2 is 1.95 bits per heavy atom. The Labute approximate surface area is 119 Å². The van der Waals surface area contributed by atoms with Crippen LogP contribution in [0.15, 0.2) is 30.5 Å². The molecule has 0 bridgehead atoms. The zero-order chi connectivity index (χ0) is 14.3. The summed E-state index contributed by atoms with van der Waals surface area (Å²) >= 11 is 5.94. The third-order valence-corrected chi connectivity index (χ3v) is 3.59. The summed E-state index contributed by atoms with van der Waals surface area (Å²) < 4.78 is 0. The summed E-state index contributed by atoms with van der Waals surface area (Å²) in [5, 5.41) is 11.4. The molecule has 0 saturated heterocycles. The van der Waals surface area contributed by atoms with Gasteiger partial charge in [-0.3, -0.25) is 14.9 Å². The zero-order valence-electron chi connectivity index (χ0n) is 10.3. The highest BCUT2D eigenvalue weighted by Crippen LogP contribution is 2.27. The minimum atomic E-state index is -0.507. The van der Waals surface area contributed by atoms with E-state index in [1.165, 1.54) is 6.07 Å². The number of hydrogen-bond acceptors (Lipinski definition) is 4. The third-order valence-electron chi connectivity index (χ3n) is 3.35. The van der Waals surface area contributed by atoms with Crippen molar-refractivity contribution < 1.29 is 9.72 Å². The lowest BCUT2D eigenvalue weighted by Gasteiger charge is -2.04. The first-order valence-corrected chi connectivity index (χ1v) is 6.40. The van der Waals surface area contributed by atoms with Crippen molar-refractivity contribution in [1.29, 1.82) is 0 Å². The Bertz CT molecular complexity index is 743. The van der Waals surface area contributed by atoms with E-state index in [9.17, 15) is 14.9 Å². The molecule has 1 aliphatic rings. The van der Waals surface area contributed by atoms with Gasteiger partial charge in [0.1, 0.15) is 11.9 Å². The molecule has 0 spiro atoms. The van der Waals surface area contributed by atoms with Gasteiger partial charge in [0.15, 0.2) is 0 Å². The fourth-order valence-electron chi connectivity index (χ4n) is 2.38. The van der Waals surface area contributed by atoms with E-state index in [-0.39, 0.29) is 17.2 Å². The second-order valence-electron chi connectivity index (χ2n) is 4.59. The second-order valence-corrected chi connectivity index (χ2v) is 5.03. The maximum atomic E-state index is 12.4. The molecule has 20 heavy (non-hydrogen) atoms. The number of fused-ring (bicyclic) bond motifs is 2. The fourth-order valence-corrected chi connectivity index (χ4v) is 2.57. The number of carbonyl (C=O) groups excluding carboxylic acids is 1. The fraction of sp³-hybridized carbons (Fsp3) is 0.143. The molecule has 5 nitrogen and oxygen atoms in total. The SMILES string of the molecule is O=C1c2ccc(Cl)cc2CCc2cc([N+](=O)[O-])cnc21. The number of rotatable bonds is 1. The van der Waals surface area contributed by atoms with Crippen LogP contribution in [0.4, 0.5) is 5.69 Å². The Morgan fingerprint density at radius 3 is 2.70 bits per heavy atom. The van der Waals surface area contributed by atoms with Gasteiger partial charge in [-0.05, 0) is 42.2 Å². The van der Waals surface area contributed by atoms with Crippen LogP contribution in [0.3, 0.4) is 0 Å². The number of carbonyl (C=O) groups is 1. The molecule has 0 amide bonds. The molecule has 6 heteroatoms.